The molecule has 0 atom stereocenters. The van der Waals surface area contributed by atoms with Crippen LogP contribution in [-0.4, -0.2) is 0 Å². The Labute approximate surface area is 94.4 Å². The first-order valence-electron chi connectivity index (χ1n) is 4.93. The van der Waals surface area contributed by atoms with Crippen LogP contribution in [0.15, 0.2) is 62.1 Å². The molecule has 80 valence electrons. The quantitative estimate of drug-likeness (QED) is 0.716. The van der Waals surface area contributed by atoms with Gasteiger partial charge in [0.15, 0.2) is 0 Å². The van der Waals surface area contributed by atoms with Crippen molar-refractivity contribution in [2.24, 2.45) is 0 Å². The van der Waals surface area contributed by atoms with Crippen molar-refractivity contribution in [3.63, 3.8) is 0 Å². The summed E-state index contributed by atoms with van der Waals surface area (Å²) in [6.45, 7) is 7.11. The number of benzene rings is 2. The summed E-state index contributed by atoms with van der Waals surface area (Å²) < 4.78 is 10.7. The van der Waals surface area contributed by atoms with Gasteiger partial charge in [-0.25, -0.2) is 0 Å². The molecule has 0 saturated heterocycles. The molecule has 2 aromatic carbocycles. The smallest absolute Gasteiger partial charge is 0.138 e. The Hall–Kier alpha value is -2.22. The van der Waals surface area contributed by atoms with Gasteiger partial charge in [0.1, 0.15) is 11.5 Å². The van der Waals surface area contributed by atoms with Crippen molar-refractivity contribution in [2.45, 2.75) is 0 Å². The molecule has 0 aromatic heterocycles. The van der Waals surface area contributed by atoms with Crippen molar-refractivity contribution in [3.05, 3.63) is 62.1 Å². The molecule has 2 aromatic rings. The molecule has 0 radical (unpaired) electrons. The second-order valence-electron chi connectivity index (χ2n) is 3.18. The molecule has 2 rings (SSSR count). The number of ether oxygens (including phenoxy) is 2. The SMILES string of the molecule is C=COc1cccc2cccc(OC=C)c12. The number of hydrogen-bond acceptors (Lipinski definition) is 2. The molecule has 0 bridgehead atoms. The average Bonchev–Trinajstić information content (AvgIpc) is 2.30. The predicted molar refractivity (Wildman–Crippen MR) is 65.6 cm³/mol. The van der Waals surface area contributed by atoms with Gasteiger partial charge in [0.2, 0.25) is 0 Å². The molecule has 0 aliphatic heterocycles. The minimum atomic E-state index is 0.727. The maximum Gasteiger partial charge on any atom is 0.138 e. The highest BCUT2D eigenvalue weighted by Gasteiger charge is 2.06. The Balaban J connectivity index is 2.70. The summed E-state index contributed by atoms with van der Waals surface area (Å²) >= 11 is 0. The van der Waals surface area contributed by atoms with Crippen LogP contribution in [0.1, 0.15) is 0 Å². The van der Waals surface area contributed by atoms with Gasteiger partial charge in [-0.05, 0) is 17.5 Å². The van der Waals surface area contributed by atoms with Crippen molar-refractivity contribution >= 4 is 10.8 Å². The Morgan fingerprint density at radius 1 is 0.812 bits per heavy atom. The van der Waals surface area contributed by atoms with Crippen LogP contribution in [0.25, 0.3) is 10.8 Å². The van der Waals surface area contributed by atoms with E-state index in [4.69, 9.17) is 9.47 Å². The van der Waals surface area contributed by atoms with Crippen LogP contribution >= 0.6 is 0 Å². The van der Waals surface area contributed by atoms with Crippen molar-refractivity contribution in [2.75, 3.05) is 0 Å². The van der Waals surface area contributed by atoms with Crippen molar-refractivity contribution in [1.82, 2.24) is 0 Å². The highest BCUT2D eigenvalue weighted by Crippen LogP contribution is 2.34. The molecule has 0 amide bonds. The lowest BCUT2D eigenvalue weighted by Crippen LogP contribution is -1.87. The summed E-state index contributed by atoms with van der Waals surface area (Å²) in [5.74, 6) is 1.45. The van der Waals surface area contributed by atoms with E-state index in [1.54, 1.807) is 0 Å². The van der Waals surface area contributed by atoms with E-state index in [1.165, 1.54) is 12.5 Å². The maximum atomic E-state index is 5.36. The van der Waals surface area contributed by atoms with E-state index in [-0.39, 0.29) is 0 Å². The Morgan fingerprint density at radius 3 is 1.75 bits per heavy atom. The van der Waals surface area contributed by atoms with Crippen LogP contribution in [0.3, 0.4) is 0 Å². The van der Waals surface area contributed by atoms with Crippen LogP contribution in [0.5, 0.6) is 11.5 Å². The zero-order valence-electron chi connectivity index (χ0n) is 8.85. The number of rotatable bonds is 4. The number of hydrogen-bond donors (Lipinski definition) is 0. The minimum Gasteiger partial charge on any atom is -0.465 e. The van der Waals surface area contributed by atoms with Gasteiger partial charge in [-0.1, -0.05) is 37.4 Å². The summed E-state index contributed by atoms with van der Waals surface area (Å²) in [4.78, 5) is 0. The Kier molecular flexibility index (Phi) is 2.92. The summed E-state index contributed by atoms with van der Waals surface area (Å²) in [6.07, 6.45) is 2.80. The molecule has 0 N–H and O–H groups in total. The first-order chi connectivity index (χ1) is 7.86. The molecular formula is C14H12O2. The standard InChI is InChI=1S/C14H12O2/c1-3-15-12-9-5-7-11-8-6-10-13(14(11)12)16-4-2/h3-10H,1-2H2. The summed E-state index contributed by atoms with van der Waals surface area (Å²) in [5.41, 5.74) is 0. The lowest BCUT2D eigenvalue weighted by molar-refractivity contribution is 0.473. The third kappa shape index (κ3) is 1.77. The lowest BCUT2D eigenvalue weighted by Gasteiger charge is -2.09. The maximum absolute atomic E-state index is 5.36. The zero-order valence-corrected chi connectivity index (χ0v) is 8.85. The van der Waals surface area contributed by atoms with Crippen LogP contribution < -0.4 is 9.47 Å². The van der Waals surface area contributed by atoms with Crippen LogP contribution in [0, 0.1) is 0 Å². The van der Waals surface area contributed by atoms with E-state index < -0.39 is 0 Å². The van der Waals surface area contributed by atoms with Gasteiger partial charge in [0.25, 0.3) is 0 Å². The van der Waals surface area contributed by atoms with E-state index >= 15 is 0 Å². The normalized spacial score (nSPS) is 9.75. The van der Waals surface area contributed by atoms with Gasteiger partial charge in [-0.15, -0.1) is 0 Å². The van der Waals surface area contributed by atoms with E-state index in [1.807, 2.05) is 36.4 Å². The first-order valence-corrected chi connectivity index (χ1v) is 4.93. The van der Waals surface area contributed by atoms with E-state index in [9.17, 15) is 0 Å². The lowest BCUT2D eigenvalue weighted by atomic mass is 10.1. The van der Waals surface area contributed by atoms with Gasteiger partial charge in [-0.2, -0.15) is 0 Å². The fourth-order valence-corrected chi connectivity index (χ4v) is 1.65. The summed E-state index contributed by atoms with van der Waals surface area (Å²) in [5, 5.41) is 1.98. The third-order valence-corrected chi connectivity index (χ3v) is 2.25. The van der Waals surface area contributed by atoms with Gasteiger partial charge < -0.3 is 9.47 Å². The molecule has 2 nitrogen and oxygen atoms in total. The molecule has 2 heteroatoms. The topological polar surface area (TPSA) is 18.5 Å². The monoisotopic (exact) mass is 212 g/mol. The third-order valence-electron chi connectivity index (χ3n) is 2.25. The molecule has 0 aliphatic carbocycles. The first kappa shape index (κ1) is 10.3. The molecule has 0 spiro atoms. The van der Waals surface area contributed by atoms with Crippen LogP contribution in [0.2, 0.25) is 0 Å². The summed E-state index contributed by atoms with van der Waals surface area (Å²) in [7, 11) is 0. The van der Waals surface area contributed by atoms with Crippen molar-refractivity contribution in [1.29, 1.82) is 0 Å². The van der Waals surface area contributed by atoms with Gasteiger partial charge in [-0.3, -0.25) is 0 Å². The van der Waals surface area contributed by atoms with Gasteiger partial charge in [0, 0.05) is 0 Å². The average molecular weight is 212 g/mol. The second-order valence-corrected chi connectivity index (χ2v) is 3.18. The van der Waals surface area contributed by atoms with Crippen LogP contribution in [-0.2, 0) is 0 Å². The largest absolute Gasteiger partial charge is 0.465 e. The van der Waals surface area contributed by atoms with E-state index in [0.717, 1.165) is 22.3 Å². The van der Waals surface area contributed by atoms with Gasteiger partial charge >= 0.3 is 0 Å². The molecular weight excluding hydrogens is 200 g/mol. The molecule has 0 fully saturated rings. The highest BCUT2D eigenvalue weighted by molar-refractivity contribution is 5.93. The highest BCUT2D eigenvalue weighted by atomic mass is 16.5. The minimum absolute atomic E-state index is 0.727. The fourth-order valence-electron chi connectivity index (χ4n) is 1.65. The molecule has 0 heterocycles. The van der Waals surface area contributed by atoms with Crippen molar-refractivity contribution < 1.29 is 9.47 Å². The molecule has 16 heavy (non-hydrogen) atoms. The molecule has 0 unspecified atom stereocenters. The Morgan fingerprint density at radius 2 is 1.31 bits per heavy atom. The Bertz CT molecular complexity index is 484. The van der Waals surface area contributed by atoms with Crippen LogP contribution in [0.4, 0.5) is 0 Å². The molecule has 0 saturated carbocycles. The fraction of sp³-hybridized carbons (Fsp3) is 0. The van der Waals surface area contributed by atoms with E-state index in [2.05, 4.69) is 13.2 Å². The number of fused-ring (bicyclic) bond motifs is 1. The van der Waals surface area contributed by atoms with Crippen molar-refractivity contribution in [3.8, 4) is 11.5 Å². The summed E-state index contributed by atoms with van der Waals surface area (Å²) in [6, 6.07) is 11.6. The second kappa shape index (κ2) is 4.53. The van der Waals surface area contributed by atoms with E-state index in [0.29, 0.717) is 0 Å². The van der Waals surface area contributed by atoms with Gasteiger partial charge in [0.05, 0.1) is 17.9 Å². The molecule has 0 aliphatic rings. The predicted octanol–water partition coefficient (Wildman–Crippen LogP) is 3.88. The zero-order chi connectivity index (χ0) is 11.4.